The average molecular weight is 953 g/mol. The molecule has 0 bridgehead atoms. The van der Waals surface area contributed by atoms with Crippen molar-refractivity contribution in [1.29, 1.82) is 0 Å². The Morgan fingerprint density at radius 2 is 0.836 bits per heavy atom. The first-order valence-corrected chi connectivity index (χ1v) is 29.4. The third-order valence-electron chi connectivity index (χ3n) is 14.4. The largest absolute Gasteiger partial charge is 0.394 e. The van der Waals surface area contributed by atoms with Gasteiger partial charge in [0.05, 0.1) is 25.4 Å². The zero-order chi connectivity index (χ0) is 48.7. The molecule has 7 atom stereocenters. The molecule has 1 amide bonds. The summed E-state index contributed by atoms with van der Waals surface area (Å²) in [5, 5.41) is 54.7. The highest BCUT2D eigenvalue weighted by atomic mass is 16.7. The SMILES string of the molecule is CCCCCCCCCCCCCC/C=C\CCCCCCCCCC(=O)NC(COC1OC(CO)C(O)C(O)C1O)C(O)CCCCCCCCCCCCCCCCCCCCCCC. The van der Waals surface area contributed by atoms with Crippen LogP contribution >= 0.6 is 0 Å². The molecule has 1 aliphatic rings. The predicted octanol–water partition coefficient (Wildman–Crippen LogP) is 14.4. The highest BCUT2D eigenvalue weighted by Crippen LogP contribution is 2.23. The molecule has 67 heavy (non-hydrogen) atoms. The molecule has 0 aromatic rings. The van der Waals surface area contributed by atoms with E-state index in [0.29, 0.717) is 12.8 Å². The van der Waals surface area contributed by atoms with Crippen molar-refractivity contribution in [2.75, 3.05) is 13.2 Å². The Bertz CT molecular complexity index is 1060. The van der Waals surface area contributed by atoms with E-state index < -0.39 is 49.5 Å². The quantitative estimate of drug-likeness (QED) is 0.0261. The standard InChI is InChI=1S/C58H113NO8/c1-3-5-7-9-11-13-15-17-19-21-23-25-26-28-30-32-34-36-38-40-42-44-46-48-54(62)59-51(50-66-58-57(65)56(64)55(63)53(49-60)67-58)52(61)47-45-43-41-39-37-35-33-31-29-27-24-22-20-18-16-14-12-10-8-6-4-2/h28,30,51-53,55-58,60-61,63-65H,3-27,29,31-50H2,1-2H3,(H,59,62)/b30-28-. The number of allylic oxidation sites excluding steroid dienone is 2. The molecule has 6 N–H and O–H groups in total. The molecule has 1 heterocycles. The Balaban J connectivity index is 2.20. The highest BCUT2D eigenvalue weighted by Gasteiger charge is 2.44. The third-order valence-corrected chi connectivity index (χ3v) is 14.4. The molecule has 0 aromatic heterocycles. The first-order valence-electron chi connectivity index (χ1n) is 29.4. The summed E-state index contributed by atoms with van der Waals surface area (Å²) in [7, 11) is 0. The molecule has 0 spiro atoms. The van der Waals surface area contributed by atoms with Crippen molar-refractivity contribution in [3.05, 3.63) is 12.2 Å². The Hall–Kier alpha value is -1.07. The van der Waals surface area contributed by atoms with Crippen LogP contribution in [0, 0.1) is 0 Å². The number of unbranched alkanes of at least 4 members (excludes halogenated alkanes) is 39. The summed E-state index contributed by atoms with van der Waals surface area (Å²) in [6.45, 7) is 3.88. The first kappa shape index (κ1) is 63.9. The van der Waals surface area contributed by atoms with E-state index in [0.717, 1.165) is 38.5 Å². The lowest BCUT2D eigenvalue weighted by molar-refractivity contribution is -0.302. The van der Waals surface area contributed by atoms with Crippen LogP contribution in [0.1, 0.15) is 296 Å². The van der Waals surface area contributed by atoms with Gasteiger partial charge in [-0.2, -0.15) is 0 Å². The van der Waals surface area contributed by atoms with E-state index in [1.54, 1.807) is 0 Å². The number of rotatable bonds is 51. The fourth-order valence-corrected chi connectivity index (χ4v) is 9.69. The second-order valence-corrected chi connectivity index (χ2v) is 20.8. The lowest BCUT2D eigenvalue weighted by Gasteiger charge is -2.40. The Labute approximate surface area is 414 Å². The highest BCUT2D eigenvalue weighted by molar-refractivity contribution is 5.76. The monoisotopic (exact) mass is 952 g/mol. The van der Waals surface area contributed by atoms with Crippen molar-refractivity contribution in [3.8, 4) is 0 Å². The number of nitrogens with one attached hydrogen (secondary N) is 1. The second kappa shape index (κ2) is 48.6. The number of aliphatic hydroxyl groups is 5. The van der Waals surface area contributed by atoms with Gasteiger partial charge in [-0.05, 0) is 38.5 Å². The van der Waals surface area contributed by atoms with Crippen LogP contribution < -0.4 is 5.32 Å². The van der Waals surface area contributed by atoms with Gasteiger partial charge in [0.15, 0.2) is 6.29 Å². The van der Waals surface area contributed by atoms with E-state index >= 15 is 0 Å². The molecular weight excluding hydrogens is 839 g/mol. The molecule has 0 radical (unpaired) electrons. The zero-order valence-electron chi connectivity index (χ0n) is 44.2. The fraction of sp³-hybridized carbons (Fsp3) is 0.948. The summed E-state index contributed by atoms with van der Waals surface area (Å²) in [4.78, 5) is 13.1. The molecule has 7 unspecified atom stereocenters. The minimum atomic E-state index is -1.55. The molecule has 0 aliphatic carbocycles. The van der Waals surface area contributed by atoms with Crippen molar-refractivity contribution in [2.24, 2.45) is 0 Å². The summed E-state index contributed by atoms with van der Waals surface area (Å²) in [6.07, 6.45) is 52.4. The molecule has 1 saturated heterocycles. The maximum Gasteiger partial charge on any atom is 0.220 e. The van der Waals surface area contributed by atoms with Crippen LogP contribution in [0.4, 0.5) is 0 Å². The van der Waals surface area contributed by atoms with E-state index in [4.69, 9.17) is 9.47 Å². The van der Waals surface area contributed by atoms with Crippen LogP contribution in [0.5, 0.6) is 0 Å². The van der Waals surface area contributed by atoms with Gasteiger partial charge in [0.2, 0.25) is 5.91 Å². The van der Waals surface area contributed by atoms with Crippen LogP contribution in [0.15, 0.2) is 12.2 Å². The minimum absolute atomic E-state index is 0.135. The van der Waals surface area contributed by atoms with E-state index in [9.17, 15) is 30.3 Å². The maximum atomic E-state index is 13.1. The lowest BCUT2D eigenvalue weighted by Crippen LogP contribution is -2.60. The van der Waals surface area contributed by atoms with Gasteiger partial charge in [-0.15, -0.1) is 0 Å². The Morgan fingerprint density at radius 1 is 0.493 bits per heavy atom. The van der Waals surface area contributed by atoms with Crippen LogP contribution in [0.3, 0.4) is 0 Å². The van der Waals surface area contributed by atoms with Gasteiger partial charge >= 0.3 is 0 Å². The van der Waals surface area contributed by atoms with Crippen molar-refractivity contribution in [1.82, 2.24) is 5.32 Å². The molecule has 9 nitrogen and oxygen atoms in total. The van der Waals surface area contributed by atoms with Gasteiger partial charge in [0.25, 0.3) is 0 Å². The first-order chi connectivity index (χ1) is 32.8. The number of aliphatic hydroxyl groups excluding tert-OH is 5. The van der Waals surface area contributed by atoms with Crippen molar-refractivity contribution >= 4 is 5.91 Å². The third kappa shape index (κ3) is 38.3. The number of ether oxygens (including phenoxy) is 2. The normalized spacial score (nSPS) is 19.7. The number of carbonyl (C=O) groups excluding carboxylic acids is 1. The summed E-state index contributed by atoms with van der Waals surface area (Å²) in [5.74, 6) is -0.143. The van der Waals surface area contributed by atoms with Gasteiger partial charge in [-0.1, -0.05) is 264 Å². The van der Waals surface area contributed by atoms with Gasteiger partial charge in [0.1, 0.15) is 24.4 Å². The minimum Gasteiger partial charge on any atom is -0.394 e. The summed E-state index contributed by atoms with van der Waals surface area (Å²) < 4.78 is 11.3. The van der Waals surface area contributed by atoms with Gasteiger partial charge < -0.3 is 40.3 Å². The molecule has 1 rings (SSSR count). The molecule has 9 heteroatoms. The molecule has 1 fully saturated rings. The molecular formula is C58H113NO8. The lowest BCUT2D eigenvalue weighted by atomic mass is 9.99. The molecule has 398 valence electrons. The average Bonchev–Trinajstić information content (AvgIpc) is 3.33. The molecule has 0 aromatic carbocycles. The van der Waals surface area contributed by atoms with Gasteiger partial charge in [0, 0.05) is 6.42 Å². The van der Waals surface area contributed by atoms with Crippen LogP contribution in [0.25, 0.3) is 0 Å². The van der Waals surface area contributed by atoms with Crippen LogP contribution in [0.2, 0.25) is 0 Å². The van der Waals surface area contributed by atoms with Crippen LogP contribution in [-0.4, -0.2) is 87.5 Å². The zero-order valence-corrected chi connectivity index (χ0v) is 44.2. The van der Waals surface area contributed by atoms with E-state index in [1.165, 1.54) is 231 Å². The van der Waals surface area contributed by atoms with Crippen molar-refractivity contribution in [2.45, 2.75) is 339 Å². The number of hydrogen-bond acceptors (Lipinski definition) is 8. The van der Waals surface area contributed by atoms with Gasteiger partial charge in [-0.3, -0.25) is 4.79 Å². The molecule has 0 saturated carbocycles. The maximum absolute atomic E-state index is 13.1. The summed E-state index contributed by atoms with van der Waals surface area (Å²) in [5.41, 5.74) is 0. The van der Waals surface area contributed by atoms with Crippen LogP contribution in [-0.2, 0) is 14.3 Å². The number of carbonyl (C=O) groups is 1. The fourth-order valence-electron chi connectivity index (χ4n) is 9.69. The van der Waals surface area contributed by atoms with Crippen molar-refractivity contribution in [3.63, 3.8) is 0 Å². The molecule has 1 aliphatic heterocycles. The number of hydrogen-bond donors (Lipinski definition) is 6. The topological polar surface area (TPSA) is 149 Å². The summed E-state index contributed by atoms with van der Waals surface area (Å²) in [6, 6.07) is -0.719. The van der Waals surface area contributed by atoms with Gasteiger partial charge in [-0.25, -0.2) is 0 Å². The summed E-state index contributed by atoms with van der Waals surface area (Å²) >= 11 is 0. The van der Waals surface area contributed by atoms with Crippen molar-refractivity contribution < 1.29 is 39.8 Å². The van der Waals surface area contributed by atoms with E-state index in [1.807, 2.05) is 0 Å². The Kier molecular flexibility index (Phi) is 46.3. The Morgan fingerprint density at radius 3 is 1.21 bits per heavy atom. The van der Waals surface area contributed by atoms with E-state index in [2.05, 4.69) is 31.3 Å². The number of amides is 1. The smallest absolute Gasteiger partial charge is 0.220 e. The second-order valence-electron chi connectivity index (χ2n) is 20.8. The predicted molar refractivity (Wildman–Crippen MR) is 281 cm³/mol. The van der Waals surface area contributed by atoms with E-state index in [-0.39, 0.29) is 12.5 Å².